The lowest BCUT2D eigenvalue weighted by molar-refractivity contribution is -0.402. The number of carbonyl (C=O) groups excluding carboxylic acids is 2. The molecule has 9 heteroatoms. The van der Waals surface area contributed by atoms with Gasteiger partial charge < -0.3 is 14.1 Å². The summed E-state index contributed by atoms with van der Waals surface area (Å²) in [4.78, 5) is 37.7. The predicted octanol–water partition coefficient (Wildman–Crippen LogP) is 1.69. The Morgan fingerprint density at radius 1 is 1.07 bits per heavy atom. The van der Waals surface area contributed by atoms with Gasteiger partial charge in [0.15, 0.2) is 6.61 Å². The fourth-order valence-electron chi connectivity index (χ4n) is 2.82. The van der Waals surface area contributed by atoms with Crippen LogP contribution in [0.1, 0.15) is 16.1 Å². The Bertz CT molecular complexity index is 812. The summed E-state index contributed by atoms with van der Waals surface area (Å²) >= 11 is 0. The molecule has 1 amide bonds. The zero-order chi connectivity index (χ0) is 19.2. The van der Waals surface area contributed by atoms with Crippen molar-refractivity contribution >= 4 is 17.8 Å². The van der Waals surface area contributed by atoms with E-state index in [1.165, 1.54) is 5.56 Å². The largest absolute Gasteiger partial charge is 0.450 e. The third-order valence-electron chi connectivity index (χ3n) is 4.27. The van der Waals surface area contributed by atoms with Crippen molar-refractivity contribution in [3.05, 3.63) is 63.9 Å². The van der Waals surface area contributed by atoms with Crippen LogP contribution in [0.4, 0.5) is 5.88 Å². The average Bonchev–Trinajstić information content (AvgIpc) is 3.18. The summed E-state index contributed by atoms with van der Waals surface area (Å²) in [5.74, 6) is -2.06. The molecule has 0 atom stereocenters. The lowest BCUT2D eigenvalue weighted by Crippen LogP contribution is -2.49. The van der Waals surface area contributed by atoms with Gasteiger partial charge in [0.05, 0.1) is 6.07 Å². The van der Waals surface area contributed by atoms with Crippen LogP contribution in [0, 0.1) is 10.1 Å². The van der Waals surface area contributed by atoms with Crippen molar-refractivity contribution in [3.8, 4) is 0 Å². The highest BCUT2D eigenvalue weighted by Crippen LogP contribution is 2.16. The molecule has 0 unspecified atom stereocenters. The molecule has 0 radical (unpaired) electrons. The highest BCUT2D eigenvalue weighted by molar-refractivity contribution is 5.89. The van der Waals surface area contributed by atoms with Gasteiger partial charge in [-0.1, -0.05) is 30.3 Å². The first-order valence-corrected chi connectivity index (χ1v) is 8.48. The van der Waals surface area contributed by atoms with Crippen molar-refractivity contribution in [2.75, 3.05) is 32.8 Å². The molecule has 3 rings (SSSR count). The number of benzene rings is 1. The second kappa shape index (κ2) is 8.45. The van der Waals surface area contributed by atoms with Gasteiger partial charge in [-0.25, -0.2) is 4.79 Å². The number of ether oxygens (including phenoxy) is 1. The summed E-state index contributed by atoms with van der Waals surface area (Å²) in [6.07, 6.45) is 0. The predicted molar refractivity (Wildman–Crippen MR) is 93.9 cm³/mol. The smallest absolute Gasteiger partial charge is 0.433 e. The summed E-state index contributed by atoms with van der Waals surface area (Å²) in [6, 6.07) is 12.3. The molecule has 1 aliphatic rings. The van der Waals surface area contributed by atoms with Gasteiger partial charge in [-0.15, -0.1) is 0 Å². The molecule has 0 N–H and O–H groups in total. The van der Waals surface area contributed by atoms with Gasteiger partial charge in [-0.3, -0.25) is 19.8 Å². The molecule has 1 aromatic carbocycles. The van der Waals surface area contributed by atoms with Gasteiger partial charge in [-0.2, -0.15) is 0 Å². The first kappa shape index (κ1) is 18.6. The highest BCUT2D eigenvalue weighted by atomic mass is 16.7. The summed E-state index contributed by atoms with van der Waals surface area (Å²) < 4.78 is 9.65. The first-order valence-electron chi connectivity index (χ1n) is 8.48. The van der Waals surface area contributed by atoms with Crippen LogP contribution in [0.3, 0.4) is 0 Å². The molecular weight excluding hydrogens is 354 g/mol. The molecule has 0 saturated carbocycles. The molecule has 142 valence electrons. The molecule has 1 saturated heterocycles. The van der Waals surface area contributed by atoms with Crippen LogP contribution in [0.5, 0.6) is 0 Å². The van der Waals surface area contributed by atoms with E-state index in [1.54, 1.807) is 4.90 Å². The van der Waals surface area contributed by atoms with Gasteiger partial charge in [0.25, 0.3) is 5.91 Å². The van der Waals surface area contributed by atoms with Crippen LogP contribution in [-0.2, 0) is 16.1 Å². The van der Waals surface area contributed by atoms with E-state index in [9.17, 15) is 19.7 Å². The topological polar surface area (TPSA) is 106 Å². The lowest BCUT2D eigenvalue weighted by atomic mass is 10.2. The highest BCUT2D eigenvalue weighted by Gasteiger charge is 2.24. The molecule has 2 heterocycles. The molecular formula is C18H19N3O6. The minimum atomic E-state index is -0.904. The van der Waals surface area contributed by atoms with Crippen molar-refractivity contribution in [3.63, 3.8) is 0 Å². The summed E-state index contributed by atoms with van der Waals surface area (Å²) in [7, 11) is 0. The Labute approximate surface area is 155 Å². The zero-order valence-electron chi connectivity index (χ0n) is 14.6. The maximum atomic E-state index is 12.2. The lowest BCUT2D eigenvalue weighted by Gasteiger charge is -2.34. The summed E-state index contributed by atoms with van der Waals surface area (Å²) in [6.45, 7) is 2.98. The van der Waals surface area contributed by atoms with Crippen LogP contribution < -0.4 is 0 Å². The van der Waals surface area contributed by atoms with Crippen LogP contribution in [0.25, 0.3) is 0 Å². The van der Waals surface area contributed by atoms with E-state index in [0.29, 0.717) is 13.1 Å². The Balaban J connectivity index is 1.42. The Hall–Kier alpha value is -3.20. The van der Waals surface area contributed by atoms with Crippen LogP contribution in [0.15, 0.2) is 46.9 Å². The molecule has 1 aromatic heterocycles. The molecule has 0 bridgehead atoms. The second-order valence-electron chi connectivity index (χ2n) is 6.11. The Morgan fingerprint density at radius 2 is 1.78 bits per heavy atom. The van der Waals surface area contributed by atoms with Gasteiger partial charge in [0.2, 0.25) is 5.76 Å². The zero-order valence-corrected chi connectivity index (χ0v) is 14.6. The van der Waals surface area contributed by atoms with E-state index in [2.05, 4.69) is 17.0 Å². The number of nitro groups is 1. The van der Waals surface area contributed by atoms with Gasteiger partial charge in [0, 0.05) is 32.7 Å². The number of hydrogen-bond acceptors (Lipinski definition) is 7. The van der Waals surface area contributed by atoms with Crippen LogP contribution >= 0.6 is 0 Å². The van der Waals surface area contributed by atoms with Gasteiger partial charge in [-0.05, 0) is 11.6 Å². The number of amides is 1. The van der Waals surface area contributed by atoms with Crippen molar-refractivity contribution in [1.82, 2.24) is 9.80 Å². The van der Waals surface area contributed by atoms with Crippen molar-refractivity contribution in [1.29, 1.82) is 0 Å². The number of nitrogens with zero attached hydrogens (tertiary/aromatic N) is 3. The fraction of sp³-hybridized carbons (Fsp3) is 0.333. The van der Waals surface area contributed by atoms with Crippen LogP contribution in [-0.4, -0.2) is 59.4 Å². The van der Waals surface area contributed by atoms with Crippen molar-refractivity contribution < 1.29 is 23.7 Å². The van der Waals surface area contributed by atoms with Crippen molar-refractivity contribution in [2.45, 2.75) is 6.54 Å². The second-order valence-corrected chi connectivity index (χ2v) is 6.11. The number of rotatable bonds is 6. The standard InChI is InChI=1S/C18H19N3O6/c22-16(13-26-18(23)15-6-7-17(27-15)21(24)25)20-10-8-19(9-11-20)12-14-4-2-1-3-5-14/h1-7H,8-13H2. The quantitative estimate of drug-likeness (QED) is 0.431. The normalized spacial score (nSPS) is 14.7. The molecule has 1 fully saturated rings. The van der Waals surface area contributed by atoms with E-state index in [4.69, 9.17) is 9.15 Å². The van der Waals surface area contributed by atoms with E-state index in [0.717, 1.165) is 31.8 Å². The van der Waals surface area contributed by atoms with Crippen molar-refractivity contribution in [2.24, 2.45) is 0 Å². The van der Waals surface area contributed by atoms with E-state index in [-0.39, 0.29) is 11.7 Å². The Kier molecular flexibility index (Phi) is 5.82. The minimum absolute atomic E-state index is 0.302. The van der Waals surface area contributed by atoms with E-state index in [1.807, 2.05) is 18.2 Å². The number of hydrogen-bond donors (Lipinski definition) is 0. The third-order valence-corrected chi connectivity index (χ3v) is 4.27. The SMILES string of the molecule is O=C(OCC(=O)N1CCN(Cc2ccccc2)CC1)c1ccc([N+](=O)[O-])o1. The monoisotopic (exact) mass is 373 g/mol. The molecule has 9 nitrogen and oxygen atoms in total. The summed E-state index contributed by atoms with van der Waals surface area (Å²) in [5, 5.41) is 10.5. The molecule has 1 aliphatic heterocycles. The van der Waals surface area contributed by atoms with E-state index >= 15 is 0 Å². The maximum Gasteiger partial charge on any atom is 0.433 e. The number of esters is 1. The van der Waals surface area contributed by atoms with E-state index < -0.39 is 23.4 Å². The molecule has 0 aliphatic carbocycles. The Morgan fingerprint density at radius 3 is 2.41 bits per heavy atom. The number of furan rings is 1. The third kappa shape index (κ3) is 4.91. The molecule has 27 heavy (non-hydrogen) atoms. The number of carbonyl (C=O) groups is 2. The molecule has 2 aromatic rings. The minimum Gasteiger partial charge on any atom is -0.450 e. The van der Waals surface area contributed by atoms with Gasteiger partial charge in [0.1, 0.15) is 4.92 Å². The number of piperazine rings is 1. The average molecular weight is 373 g/mol. The maximum absolute atomic E-state index is 12.2. The fourth-order valence-corrected chi connectivity index (χ4v) is 2.82. The summed E-state index contributed by atoms with van der Waals surface area (Å²) in [5.41, 5.74) is 1.22. The first-order chi connectivity index (χ1) is 13.0. The van der Waals surface area contributed by atoms with Crippen LogP contribution in [0.2, 0.25) is 0 Å². The van der Waals surface area contributed by atoms with Gasteiger partial charge >= 0.3 is 11.9 Å². The molecule has 0 spiro atoms.